The number of benzene rings is 2. The van der Waals surface area contributed by atoms with E-state index in [4.69, 9.17) is 4.74 Å². The number of amides is 1. The molecule has 0 bridgehead atoms. The zero-order valence-electron chi connectivity index (χ0n) is 16.1. The van der Waals surface area contributed by atoms with Crippen LogP contribution in [0.5, 0.6) is 0 Å². The van der Waals surface area contributed by atoms with Gasteiger partial charge in [-0.05, 0) is 42.0 Å². The predicted molar refractivity (Wildman–Crippen MR) is 102 cm³/mol. The first-order chi connectivity index (χ1) is 14.2. The third-order valence-electron chi connectivity index (χ3n) is 3.87. The summed E-state index contributed by atoms with van der Waals surface area (Å²) in [5.41, 5.74) is 1.48. The quantitative estimate of drug-likeness (QED) is 0.484. The second-order valence-corrected chi connectivity index (χ2v) is 6.28. The van der Waals surface area contributed by atoms with Gasteiger partial charge in [0.1, 0.15) is 6.61 Å². The molecule has 0 aliphatic carbocycles. The molecule has 0 fully saturated rings. The predicted octanol–water partition coefficient (Wildman–Crippen LogP) is 4.15. The van der Waals surface area contributed by atoms with Gasteiger partial charge in [-0.2, -0.15) is 13.2 Å². The number of esters is 1. The minimum atomic E-state index is -4.40. The number of anilines is 1. The van der Waals surface area contributed by atoms with E-state index in [9.17, 15) is 27.6 Å². The van der Waals surface area contributed by atoms with E-state index in [-0.39, 0.29) is 18.1 Å². The molecule has 30 heavy (non-hydrogen) atoms. The Morgan fingerprint density at radius 3 is 2.10 bits per heavy atom. The van der Waals surface area contributed by atoms with E-state index in [1.165, 1.54) is 36.4 Å². The van der Waals surface area contributed by atoms with Crippen LogP contribution in [0.1, 0.15) is 39.6 Å². The minimum absolute atomic E-state index is 0.152. The second-order valence-electron chi connectivity index (χ2n) is 6.28. The Morgan fingerprint density at radius 1 is 0.933 bits per heavy atom. The van der Waals surface area contributed by atoms with Crippen LogP contribution in [0.15, 0.2) is 48.5 Å². The molecule has 0 aliphatic rings. The fourth-order valence-electron chi connectivity index (χ4n) is 2.31. The van der Waals surface area contributed by atoms with Crippen molar-refractivity contribution in [2.75, 3.05) is 18.5 Å². The molecule has 6 nitrogen and oxygen atoms in total. The minimum Gasteiger partial charge on any atom is -0.454 e. The summed E-state index contributed by atoms with van der Waals surface area (Å²) in [5.74, 6) is -1.31. The van der Waals surface area contributed by atoms with E-state index in [1.807, 2.05) is 0 Å². The maximum atomic E-state index is 12.2. The Balaban J connectivity index is 1.83. The fraction of sp³-hybridized carbons (Fsp3) is 0.286. The van der Waals surface area contributed by atoms with Crippen molar-refractivity contribution < 1.29 is 37.0 Å². The summed E-state index contributed by atoms with van der Waals surface area (Å²) in [4.78, 5) is 35.5. The summed E-state index contributed by atoms with van der Waals surface area (Å²) >= 11 is 0. The molecule has 0 saturated carbocycles. The summed E-state index contributed by atoms with van der Waals surface area (Å²) in [6, 6.07) is 11.8. The molecule has 0 saturated heterocycles. The lowest BCUT2D eigenvalue weighted by molar-refractivity contribution is -0.176. The van der Waals surface area contributed by atoms with Gasteiger partial charge in [0, 0.05) is 17.7 Å². The van der Waals surface area contributed by atoms with Gasteiger partial charge in [0.2, 0.25) is 5.91 Å². The number of ether oxygens (including phenoxy) is 2. The topological polar surface area (TPSA) is 81.7 Å². The molecule has 0 spiro atoms. The van der Waals surface area contributed by atoms with E-state index >= 15 is 0 Å². The highest BCUT2D eigenvalue weighted by Crippen LogP contribution is 2.16. The molecule has 2 aromatic carbocycles. The molecule has 9 heteroatoms. The largest absolute Gasteiger partial charge is 0.454 e. The van der Waals surface area contributed by atoms with Gasteiger partial charge in [-0.1, -0.05) is 19.1 Å². The van der Waals surface area contributed by atoms with Crippen molar-refractivity contribution in [2.45, 2.75) is 26.1 Å². The number of rotatable bonds is 9. The molecular weight excluding hydrogens is 403 g/mol. The molecule has 0 unspecified atom stereocenters. The smallest absolute Gasteiger partial charge is 0.411 e. The van der Waals surface area contributed by atoms with Crippen LogP contribution in [0.4, 0.5) is 18.9 Å². The SMILES string of the molecule is CCC(=O)Nc1ccc(C(=O)COC(=O)c2ccc(COCC(F)(F)F)cc2)cc1. The van der Waals surface area contributed by atoms with Gasteiger partial charge in [0.05, 0.1) is 12.2 Å². The van der Waals surface area contributed by atoms with Crippen LogP contribution >= 0.6 is 0 Å². The molecule has 0 heterocycles. The Bertz CT molecular complexity index is 877. The van der Waals surface area contributed by atoms with E-state index in [1.54, 1.807) is 19.1 Å². The first kappa shape index (κ1) is 23.1. The third kappa shape index (κ3) is 7.67. The van der Waals surface area contributed by atoms with Crippen molar-refractivity contribution in [3.05, 3.63) is 65.2 Å². The van der Waals surface area contributed by atoms with E-state index in [2.05, 4.69) is 10.1 Å². The lowest BCUT2D eigenvalue weighted by Gasteiger charge is -2.08. The van der Waals surface area contributed by atoms with Crippen molar-refractivity contribution in [3.63, 3.8) is 0 Å². The van der Waals surface area contributed by atoms with Crippen molar-refractivity contribution in [3.8, 4) is 0 Å². The number of alkyl halides is 3. The van der Waals surface area contributed by atoms with Crippen molar-refractivity contribution in [2.24, 2.45) is 0 Å². The highest BCUT2D eigenvalue weighted by molar-refractivity contribution is 6.00. The van der Waals surface area contributed by atoms with Gasteiger partial charge in [-0.15, -0.1) is 0 Å². The van der Waals surface area contributed by atoms with Crippen molar-refractivity contribution >= 4 is 23.3 Å². The van der Waals surface area contributed by atoms with Crippen LogP contribution in [0.3, 0.4) is 0 Å². The van der Waals surface area contributed by atoms with E-state index in [0.717, 1.165) is 0 Å². The lowest BCUT2D eigenvalue weighted by atomic mass is 10.1. The molecule has 0 radical (unpaired) electrons. The number of nitrogens with one attached hydrogen (secondary N) is 1. The Morgan fingerprint density at radius 2 is 1.53 bits per heavy atom. The number of carbonyl (C=O) groups excluding carboxylic acids is 3. The van der Waals surface area contributed by atoms with Gasteiger partial charge < -0.3 is 14.8 Å². The molecule has 0 aliphatic heterocycles. The zero-order chi connectivity index (χ0) is 22.1. The molecular formula is C21H20F3NO5. The Kier molecular flexibility index (Phi) is 8.11. The molecule has 2 aromatic rings. The molecule has 1 N–H and O–H groups in total. The maximum Gasteiger partial charge on any atom is 0.411 e. The van der Waals surface area contributed by atoms with Crippen LogP contribution in [0.2, 0.25) is 0 Å². The number of hydrogen-bond donors (Lipinski definition) is 1. The molecule has 1 amide bonds. The van der Waals surface area contributed by atoms with Crippen LogP contribution in [-0.4, -0.2) is 37.0 Å². The second kappa shape index (κ2) is 10.5. The average Bonchev–Trinajstić information content (AvgIpc) is 2.71. The monoisotopic (exact) mass is 423 g/mol. The van der Waals surface area contributed by atoms with Gasteiger partial charge in [0.15, 0.2) is 12.4 Å². The summed E-state index contributed by atoms with van der Waals surface area (Å²) in [5, 5.41) is 2.65. The van der Waals surface area contributed by atoms with Gasteiger partial charge in [-0.25, -0.2) is 4.79 Å². The van der Waals surface area contributed by atoms with Crippen molar-refractivity contribution in [1.82, 2.24) is 0 Å². The zero-order valence-corrected chi connectivity index (χ0v) is 16.1. The Labute approximate surface area is 171 Å². The van der Waals surface area contributed by atoms with Gasteiger partial charge in [-0.3, -0.25) is 9.59 Å². The number of ketones is 1. The standard InChI is InChI=1S/C21H20F3NO5/c1-2-19(27)25-17-9-7-15(8-10-17)18(26)12-30-20(28)16-5-3-14(4-6-16)11-29-13-21(22,23)24/h3-10H,2,11-13H2,1H3,(H,25,27). The molecule has 0 aromatic heterocycles. The van der Waals surface area contributed by atoms with Crippen molar-refractivity contribution in [1.29, 1.82) is 0 Å². The van der Waals surface area contributed by atoms with Crippen LogP contribution in [0, 0.1) is 0 Å². The Hall–Kier alpha value is -3.20. The fourth-order valence-corrected chi connectivity index (χ4v) is 2.31. The van der Waals surface area contributed by atoms with E-state index in [0.29, 0.717) is 23.2 Å². The number of hydrogen-bond acceptors (Lipinski definition) is 5. The van der Waals surface area contributed by atoms with E-state index < -0.39 is 31.1 Å². The van der Waals surface area contributed by atoms with Crippen LogP contribution in [-0.2, 0) is 20.9 Å². The van der Waals surface area contributed by atoms with Crippen LogP contribution in [0.25, 0.3) is 0 Å². The first-order valence-corrected chi connectivity index (χ1v) is 9.01. The summed E-state index contributed by atoms with van der Waals surface area (Å²) < 4.78 is 45.7. The normalized spacial score (nSPS) is 11.1. The molecule has 2 rings (SSSR count). The summed E-state index contributed by atoms with van der Waals surface area (Å²) in [6.45, 7) is -0.361. The summed E-state index contributed by atoms with van der Waals surface area (Å²) in [7, 11) is 0. The van der Waals surface area contributed by atoms with Gasteiger partial charge >= 0.3 is 12.1 Å². The number of halogens is 3. The average molecular weight is 423 g/mol. The summed E-state index contributed by atoms with van der Waals surface area (Å²) in [6.07, 6.45) is -4.07. The highest BCUT2D eigenvalue weighted by Gasteiger charge is 2.27. The maximum absolute atomic E-state index is 12.2. The van der Waals surface area contributed by atoms with Crippen LogP contribution < -0.4 is 5.32 Å². The first-order valence-electron chi connectivity index (χ1n) is 9.01. The highest BCUT2D eigenvalue weighted by atomic mass is 19.4. The number of Topliss-reactive ketones (excluding diaryl/α,β-unsaturated/α-hetero) is 1. The molecule has 0 atom stereocenters. The van der Waals surface area contributed by atoms with Gasteiger partial charge in [0.25, 0.3) is 0 Å². The lowest BCUT2D eigenvalue weighted by Crippen LogP contribution is -2.16. The third-order valence-corrected chi connectivity index (χ3v) is 3.87. The number of carbonyl (C=O) groups is 3. The molecule has 160 valence electrons.